The number of unbranched alkanes of at least 4 members (excludes halogenated alkanes) is 3. The Kier molecular flexibility index (Phi) is 13.8. The Balaban J connectivity index is 1.06. The number of aromatic nitrogens is 4. The Hall–Kier alpha value is -4.48. The monoisotopic (exact) mass is 909 g/mol. The van der Waals surface area contributed by atoms with E-state index in [1.54, 1.807) is 19.1 Å². The zero-order chi connectivity index (χ0) is 45.1. The number of hydrogen-bond donors (Lipinski definition) is 3. The lowest BCUT2D eigenvalue weighted by molar-refractivity contribution is -0.249. The summed E-state index contributed by atoms with van der Waals surface area (Å²) in [5, 5.41) is 20.5. The molecule has 0 radical (unpaired) electrons. The van der Waals surface area contributed by atoms with Crippen LogP contribution in [0.5, 0.6) is 0 Å². The number of pyridine rings is 1. The lowest BCUT2D eigenvalue weighted by Crippen LogP contribution is -2.64. The number of hydrogen-bond acceptors (Lipinski definition) is 14. The number of para-hydroxylation sites is 1. The van der Waals surface area contributed by atoms with Gasteiger partial charge in [-0.1, -0.05) is 67.1 Å². The second kappa shape index (κ2) is 19.2. The average Bonchev–Trinajstić information content (AvgIpc) is 3.83. The van der Waals surface area contributed by atoms with Crippen molar-refractivity contribution in [2.75, 3.05) is 39.5 Å². The van der Waals surface area contributed by atoms with Crippen molar-refractivity contribution in [2.45, 2.75) is 121 Å². The number of fused-ring (bicyclic) bond motifs is 1. The molecular formula is C48H63N9O5S2. The van der Waals surface area contributed by atoms with Crippen LogP contribution in [0.25, 0.3) is 27.1 Å². The van der Waals surface area contributed by atoms with Crippen LogP contribution < -0.4 is 11.5 Å². The van der Waals surface area contributed by atoms with Gasteiger partial charge in [-0.05, 0) is 117 Å². The molecule has 5 N–H and O–H groups in total. The molecule has 4 aromatic rings. The number of benzene rings is 1. The Bertz CT molecular complexity index is 2390. The maximum Gasteiger partial charge on any atom is 0.212 e. The van der Waals surface area contributed by atoms with Crippen LogP contribution in [0.4, 0.5) is 5.13 Å². The maximum atomic E-state index is 12.3. The van der Waals surface area contributed by atoms with E-state index in [1.165, 1.54) is 29.5 Å². The molecule has 1 saturated heterocycles. The molecule has 3 atom stereocenters. The van der Waals surface area contributed by atoms with E-state index in [1.807, 2.05) is 36.5 Å². The number of aliphatic imine (C=N–C) groups is 1. The highest BCUT2D eigenvalue weighted by Crippen LogP contribution is 2.72. The fraction of sp³-hybridized carbons (Fsp3) is 0.562. The number of thiazole rings is 1. The summed E-state index contributed by atoms with van der Waals surface area (Å²) in [5.41, 5.74) is 17.6. The van der Waals surface area contributed by atoms with Crippen molar-refractivity contribution in [1.29, 1.82) is 0 Å². The third-order valence-corrected chi connectivity index (χ3v) is 15.8. The van der Waals surface area contributed by atoms with E-state index in [-0.39, 0.29) is 44.8 Å². The topological polar surface area (TPSA) is 196 Å². The van der Waals surface area contributed by atoms with Gasteiger partial charge in [0.15, 0.2) is 5.76 Å². The van der Waals surface area contributed by atoms with Crippen molar-refractivity contribution in [3.05, 3.63) is 76.2 Å². The number of aliphatic hydroxyl groups excluding tert-OH is 1. The molecular weight excluding hydrogens is 847 g/mol. The van der Waals surface area contributed by atoms with E-state index in [0.29, 0.717) is 28.6 Å². The van der Waals surface area contributed by atoms with E-state index in [0.717, 1.165) is 131 Å². The zero-order valence-corrected chi connectivity index (χ0v) is 39.3. The maximum absolute atomic E-state index is 12.3. The van der Waals surface area contributed by atoms with E-state index < -0.39 is 5.37 Å². The average molecular weight is 910 g/mol. The summed E-state index contributed by atoms with van der Waals surface area (Å²) >= 11 is 2.70. The number of aliphatic hydroxyl groups is 1. The molecule has 4 heterocycles. The normalized spacial score (nSPS) is 26.9. The molecule has 9 rings (SSSR count). The largest absolute Gasteiger partial charge is 0.504 e. The molecule has 3 unspecified atom stereocenters. The van der Waals surface area contributed by atoms with Crippen LogP contribution in [-0.4, -0.2) is 92.3 Å². The van der Waals surface area contributed by atoms with Crippen molar-refractivity contribution < 1.29 is 19.4 Å². The number of amidine groups is 1. The highest BCUT2D eigenvalue weighted by atomic mass is 32.2. The lowest BCUT2D eigenvalue weighted by Gasteiger charge is -2.69. The van der Waals surface area contributed by atoms with Crippen LogP contribution in [0.2, 0.25) is 0 Å². The number of allylic oxidation sites excluding steroid dienone is 1. The molecule has 1 aromatic carbocycles. The molecule has 342 valence electrons. The van der Waals surface area contributed by atoms with Crippen LogP contribution in [-0.2, 0) is 20.8 Å². The zero-order valence-electron chi connectivity index (χ0n) is 37.7. The first-order valence-corrected chi connectivity index (χ1v) is 24.4. The summed E-state index contributed by atoms with van der Waals surface area (Å²) in [5.74, 6) is -0.0135. The fourth-order valence-electron chi connectivity index (χ4n) is 12.0. The van der Waals surface area contributed by atoms with Crippen molar-refractivity contribution in [1.82, 2.24) is 24.6 Å². The molecule has 4 bridgehead atoms. The quantitative estimate of drug-likeness (QED) is 0.0111. The number of morpholine rings is 1. The number of nitrogens with two attached hydrogens (primary N) is 2. The highest BCUT2D eigenvalue weighted by Gasteiger charge is 2.66. The predicted octanol–water partition coefficient (Wildman–Crippen LogP) is 9.49. The Labute approximate surface area is 384 Å². The molecule has 64 heavy (non-hydrogen) atoms. The summed E-state index contributed by atoms with van der Waals surface area (Å²) < 4.78 is 15.8. The van der Waals surface area contributed by atoms with E-state index in [9.17, 15) is 14.8 Å². The minimum Gasteiger partial charge on any atom is -0.504 e. The molecule has 4 saturated carbocycles. The first-order valence-electron chi connectivity index (χ1n) is 22.7. The minimum atomic E-state index is -0.634. The number of nitroso groups, excluding NO2 is 1. The van der Waals surface area contributed by atoms with Gasteiger partial charge in [0.25, 0.3) is 0 Å². The predicted molar refractivity (Wildman–Crippen MR) is 255 cm³/mol. The van der Waals surface area contributed by atoms with Crippen molar-refractivity contribution in [3.8, 4) is 11.1 Å². The Morgan fingerprint density at radius 3 is 2.52 bits per heavy atom. The molecule has 5 aliphatic rings. The number of nitrogens with zero attached hydrogens (tertiary/aromatic N) is 7. The molecule has 16 heteroatoms. The van der Waals surface area contributed by atoms with Crippen LogP contribution in [0.15, 0.2) is 75.1 Å². The smallest absolute Gasteiger partial charge is 0.212 e. The summed E-state index contributed by atoms with van der Waals surface area (Å²) in [6, 6.07) is 11.4. The summed E-state index contributed by atoms with van der Waals surface area (Å²) in [6.07, 6.45) is 14.5. The second-order valence-corrected chi connectivity index (χ2v) is 21.8. The first kappa shape index (κ1) is 46.1. The first-order chi connectivity index (χ1) is 30.7. The van der Waals surface area contributed by atoms with Gasteiger partial charge in [0, 0.05) is 49.4 Å². The molecule has 14 nitrogen and oxygen atoms in total. The highest BCUT2D eigenvalue weighted by molar-refractivity contribution is 8.00. The Morgan fingerprint density at radius 2 is 1.78 bits per heavy atom. The third kappa shape index (κ3) is 10.3. The van der Waals surface area contributed by atoms with Crippen LogP contribution >= 0.6 is 23.1 Å². The van der Waals surface area contributed by atoms with E-state index >= 15 is 0 Å². The number of carbonyl (C=O) groups is 1. The molecule has 0 amide bonds. The molecule has 1 aliphatic heterocycles. The van der Waals surface area contributed by atoms with Crippen molar-refractivity contribution in [2.24, 2.45) is 37.9 Å². The van der Waals surface area contributed by atoms with Crippen molar-refractivity contribution >= 4 is 56.3 Å². The lowest BCUT2D eigenvalue weighted by atomic mass is 9.39. The van der Waals surface area contributed by atoms with Crippen LogP contribution in [0.3, 0.4) is 0 Å². The van der Waals surface area contributed by atoms with Crippen LogP contribution in [0, 0.1) is 28.1 Å². The SMILES string of the molecule is CC(=C/C(N)=C(\O)c1ccc(-c2cnn(CC34CC5(C)CC(C)(C3)CC(OCCN3CCOCC3)(C5)C4)c2C)c(SC(CCCCCC=O)N=O)n1)/C(N)=N/c1nc2ccccc2s1. The summed E-state index contributed by atoms with van der Waals surface area (Å²) in [7, 11) is 0. The van der Waals surface area contributed by atoms with Gasteiger partial charge in [-0.2, -0.15) is 5.10 Å². The van der Waals surface area contributed by atoms with Gasteiger partial charge >= 0.3 is 0 Å². The van der Waals surface area contributed by atoms with E-state index in [4.69, 9.17) is 31.0 Å². The fourth-order valence-corrected chi connectivity index (χ4v) is 13.9. The molecule has 3 aromatic heterocycles. The van der Waals surface area contributed by atoms with Gasteiger partial charge in [0.1, 0.15) is 28.2 Å². The number of rotatable bonds is 20. The summed E-state index contributed by atoms with van der Waals surface area (Å²) in [4.78, 5) is 39.7. The van der Waals surface area contributed by atoms with E-state index in [2.05, 4.69) is 45.5 Å². The summed E-state index contributed by atoms with van der Waals surface area (Å²) in [6.45, 7) is 14.8. The standard InChI is InChI=1S/C48H63N9O5S2/c1-32(42(50)54-44-53-37-11-8-9-12-39(37)63-44)23-36(49)41(59)38-15-14-34(43(52-38)64-40(55-60)13-7-5-6-10-19-58)35-24-51-57(33(35)2)31-47-26-45(3)25-46(4,27-47)29-48(28-45,30-47)62-22-18-56-16-20-61-21-17-56/h8-9,11-12,14-15,19,23-24,40,59H,5-7,10,13,16-18,20-22,25-31,49H2,1-4H3,(H2,50,53,54)/b32-23-,41-36+. The number of carbonyl (C=O) groups excluding carboxylic acids is 1. The van der Waals surface area contributed by atoms with Gasteiger partial charge < -0.3 is 30.8 Å². The molecule has 5 fully saturated rings. The number of ether oxygens (including phenoxy) is 2. The minimum absolute atomic E-state index is 0.0452. The van der Waals surface area contributed by atoms with Crippen LogP contribution in [0.1, 0.15) is 103 Å². The molecule has 4 aliphatic carbocycles. The molecule has 0 spiro atoms. The van der Waals surface area contributed by atoms with Gasteiger partial charge in [0.05, 0.1) is 47.5 Å². The van der Waals surface area contributed by atoms with Gasteiger partial charge in [-0.15, -0.1) is 4.91 Å². The second-order valence-electron chi connectivity index (χ2n) is 19.6. The third-order valence-electron chi connectivity index (χ3n) is 13.7. The van der Waals surface area contributed by atoms with Gasteiger partial charge in [-0.3, -0.25) is 9.58 Å². The number of aldehydes is 1. The van der Waals surface area contributed by atoms with Gasteiger partial charge in [-0.25, -0.2) is 15.0 Å². The van der Waals surface area contributed by atoms with Gasteiger partial charge in [0.2, 0.25) is 5.13 Å². The number of thioether (sulfide) groups is 1. The Morgan fingerprint density at radius 1 is 1.02 bits per heavy atom. The van der Waals surface area contributed by atoms with Crippen molar-refractivity contribution in [3.63, 3.8) is 0 Å².